The third kappa shape index (κ3) is 6.56. The summed E-state index contributed by atoms with van der Waals surface area (Å²) in [6, 6.07) is 16.4. The van der Waals surface area contributed by atoms with Crippen LogP contribution >= 0.6 is 24.2 Å². The minimum absolute atomic E-state index is 0. The lowest BCUT2D eigenvalue weighted by Gasteiger charge is -2.31. The predicted octanol–water partition coefficient (Wildman–Crippen LogP) is 4.74. The fourth-order valence-electron chi connectivity index (χ4n) is 3.70. The number of carboxylic acids is 1. The number of piperidine rings is 1. The first-order valence-electron chi connectivity index (χ1n) is 9.95. The number of thioether (sulfide) groups is 1. The Bertz CT molecular complexity index is 737. The fraction of sp³-hybridized carbons (Fsp3) is 0.435. The highest BCUT2D eigenvalue weighted by atomic mass is 35.5. The smallest absolute Gasteiger partial charge is 0.307 e. The van der Waals surface area contributed by atoms with E-state index in [0.29, 0.717) is 6.54 Å². The number of hydrogen-bond donors (Lipinski definition) is 1. The molecule has 164 valence electrons. The van der Waals surface area contributed by atoms with Gasteiger partial charge in [-0.1, -0.05) is 24.3 Å². The van der Waals surface area contributed by atoms with Crippen LogP contribution in [0.2, 0.25) is 0 Å². The van der Waals surface area contributed by atoms with Crippen molar-refractivity contribution in [3.05, 3.63) is 59.7 Å². The highest BCUT2D eigenvalue weighted by Crippen LogP contribution is 2.37. The Morgan fingerprint density at radius 3 is 2.07 bits per heavy atom. The molecule has 1 N–H and O–H groups in total. The molecule has 0 unspecified atom stereocenters. The number of aliphatic carboxylic acids is 1. The average molecular weight is 452 g/mol. The number of methoxy groups -OCH3 is 2. The Morgan fingerprint density at radius 1 is 1.07 bits per heavy atom. The molecule has 0 bridgehead atoms. The maximum Gasteiger partial charge on any atom is 0.307 e. The number of carboxylic acid groups (broad SMARTS) is 1. The Morgan fingerprint density at radius 2 is 1.60 bits per heavy atom. The van der Waals surface area contributed by atoms with Crippen molar-refractivity contribution < 1.29 is 19.4 Å². The van der Waals surface area contributed by atoms with Gasteiger partial charge in [-0.15, -0.1) is 24.2 Å². The van der Waals surface area contributed by atoms with Crippen LogP contribution in [-0.4, -0.2) is 55.6 Å². The molecule has 30 heavy (non-hydrogen) atoms. The van der Waals surface area contributed by atoms with Crippen molar-refractivity contribution in [2.75, 3.05) is 39.6 Å². The van der Waals surface area contributed by atoms with Crippen LogP contribution in [0.1, 0.15) is 29.2 Å². The number of benzene rings is 2. The molecule has 7 heteroatoms. The van der Waals surface area contributed by atoms with Crippen LogP contribution in [0.4, 0.5) is 0 Å². The number of likely N-dealkylation sites (tertiary alicyclic amines) is 1. The molecule has 0 radical (unpaired) electrons. The molecule has 1 fully saturated rings. The number of halogens is 1. The second-order valence-electron chi connectivity index (χ2n) is 7.28. The summed E-state index contributed by atoms with van der Waals surface area (Å²) in [4.78, 5) is 13.6. The van der Waals surface area contributed by atoms with Crippen molar-refractivity contribution in [2.24, 2.45) is 5.92 Å². The number of rotatable bonds is 9. The third-order valence-corrected chi connectivity index (χ3v) is 6.68. The van der Waals surface area contributed by atoms with Gasteiger partial charge in [0.1, 0.15) is 11.5 Å². The van der Waals surface area contributed by atoms with Gasteiger partial charge in [-0.2, -0.15) is 0 Å². The molecule has 5 nitrogen and oxygen atoms in total. The number of carbonyl (C=O) groups is 1. The average Bonchev–Trinajstić information content (AvgIpc) is 2.77. The molecule has 1 atom stereocenters. The van der Waals surface area contributed by atoms with Crippen molar-refractivity contribution >= 4 is 30.1 Å². The largest absolute Gasteiger partial charge is 0.497 e. The quantitative estimate of drug-likeness (QED) is 0.594. The summed E-state index contributed by atoms with van der Waals surface area (Å²) in [5.74, 6) is 1.74. The lowest BCUT2D eigenvalue weighted by molar-refractivity contribution is -0.143. The SMILES string of the molecule is COc1ccc(C(SCCN2CCC[C@@H](C(=O)O)C2)c2ccc(OC)cc2)cc1.Cl. The van der Waals surface area contributed by atoms with E-state index in [1.165, 1.54) is 11.1 Å². The second kappa shape index (κ2) is 12.1. The summed E-state index contributed by atoms with van der Waals surface area (Å²) >= 11 is 1.89. The lowest BCUT2D eigenvalue weighted by atomic mass is 9.98. The molecule has 0 aromatic heterocycles. The summed E-state index contributed by atoms with van der Waals surface area (Å²) in [5, 5.41) is 9.50. The monoisotopic (exact) mass is 451 g/mol. The Hall–Kier alpha value is -1.89. The molecule has 0 amide bonds. The first-order chi connectivity index (χ1) is 14.1. The van der Waals surface area contributed by atoms with Gasteiger partial charge in [-0.05, 0) is 54.8 Å². The van der Waals surface area contributed by atoms with Crippen LogP contribution in [0.5, 0.6) is 11.5 Å². The van der Waals surface area contributed by atoms with Gasteiger partial charge in [0.25, 0.3) is 0 Å². The van der Waals surface area contributed by atoms with Gasteiger partial charge in [0.15, 0.2) is 0 Å². The standard InChI is InChI=1S/C23H29NO4S.ClH/c1-27-20-9-5-17(6-10-20)22(18-7-11-21(28-2)12-8-18)29-15-14-24-13-3-4-19(16-24)23(25)26;/h5-12,19,22H,3-4,13-16H2,1-2H3,(H,25,26);1H/t19-;/m1./s1. The summed E-state index contributed by atoms with van der Waals surface area (Å²) in [6.07, 6.45) is 1.75. The Labute approximate surface area is 189 Å². The van der Waals surface area contributed by atoms with Crippen molar-refractivity contribution in [1.82, 2.24) is 4.90 Å². The summed E-state index contributed by atoms with van der Waals surface area (Å²) < 4.78 is 10.6. The normalized spacial score (nSPS) is 16.7. The molecule has 1 heterocycles. The van der Waals surface area contributed by atoms with Crippen molar-refractivity contribution in [1.29, 1.82) is 0 Å². The highest BCUT2D eigenvalue weighted by molar-refractivity contribution is 7.99. The summed E-state index contributed by atoms with van der Waals surface area (Å²) in [7, 11) is 3.35. The van der Waals surface area contributed by atoms with E-state index in [4.69, 9.17) is 9.47 Å². The van der Waals surface area contributed by atoms with Gasteiger partial charge in [-0.25, -0.2) is 0 Å². The van der Waals surface area contributed by atoms with E-state index in [-0.39, 0.29) is 23.6 Å². The van der Waals surface area contributed by atoms with Crippen LogP contribution in [0.25, 0.3) is 0 Å². The fourth-order valence-corrected chi connectivity index (χ4v) is 5.00. The van der Waals surface area contributed by atoms with Crippen LogP contribution in [-0.2, 0) is 4.79 Å². The maximum atomic E-state index is 11.3. The van der Waals surface area contributed by atoms with E-state index < -0.39 is 5.97 Å². The minimum atomic E-state index is -0.670. The topological polar surface area (TPSA) is 59.0 Å². The van der Waals surface area contributed by atoms with Gasteiger partial charge >= 0.3 is 5.97 Å². The summed E-state index contributed by atoms with van der Waals surface area (Å²) in [6.45, 7) is 2.54. The summed E-state index contributed by atoms with van der Waals surface area (Å²) in [5.41, 5.74) is 2.45. The molecule has 2 aromatic carbocycles. The maximum absolute atomic E-state index is 11.3. The molecule has 2 aromatic rings. The number of ether oxygens (including phenoxy) is 2. The van der Waals surface area contributed by atoms with E-state index in [1.54, 1.807) is 14.2 Å². The first-order valence-corrected chi connectivity index (χ1v) is 11.0. The van der Waals surface area contributed by atoms with Crippen LogP contribution < -0.4 is 9.47 Å². The molecular formula is C23H30ClNO4S. The Kier molecular flexibility index (Phi) is 9.82. The van der Waals surface area contributed by atoms with Crippen LogP contribution in [0.15, 0.2) is 48.5 Å². The molecule has 3 rings (SSSR count). The van der Waals surface area contributed by atoms with E-state index >= 15 is 0 Å². The van der Waals surface area contributed by atoms with Crippen LogP contribution in [0, 0.1) is 5.92 Å². The molecule has 0 saturated carbocycles. The predicted molar refractivity (Wildman–Crippen MR) is 124 cm³/mol. The van der Waals surface area contributed by atoms with Gasteiger partial charge < -0.3 is 19.5 Å². The van der Waals surface area contributed by atoms with E-state index in [1.807, 2.05) is 36.0 Å². The van der Waals surface area contributed by atoms with Crippen LogP contribution in [0.3, 0.4) is 0 Å². The lowest BCUT2D eigenvalue weighted by Crippen LogP contribution is -2.39. The minimum Gasteiger partial charge on any atom is -0.497 e. The molecule has 1 saturated heterocycles. The first kappa shape index (κ1) is 24.4. The highest BCUT2D eigenvalue weighted by Gasteiger charge is 2.25. The zero-order valence-electron chi connectivity index (χ0n) is 17.5. The van der Waals surface area contributed by atoms with E-state index in [2.05, 4.69) is 29.2 Å². The zero-order valence-corrected chi connectivity index (χ0v) is 19.1. The van der Waals surface area contributed by atoms with Crippen molar-refractivity contribution in [3.8, 4) is 11.5 Å². The van der Waals surface area contributed by atoms with Gasteiger partial charge in [0.2, 0.25) is 0 Å². The second-order valence-corrected chi connectivity index (χ2v) is 8.49. The van der Waals surface area contributed by atoms with Gasteiger partial charge in [0.05, 0.1) is 25.4 Å². The van der Waals surface area contributed by atoms with Gasteiger partial charge in [-0.3, -0.25) is 4.79 Å². The van der Waals surface area contributed by atoms with Gasteiger partial charge in [0, 0.05) is 18.8 Å². The van der Waals surface area contributed by atoms with Crippen molar-refractivity contribution in [2.45, 2.75) is 18.1 Å². The number of hydrogen-bond acceptors (Lipinski definition) is 5. The Balaban J connectivity index is 0.00000320. The van der Waals surface area contributed by atoms with Crippen molar-refractivity contribution in [3.63, 3.8) is 0 Å². The van der Waals surface area contributed by atoms with E-state index in [9.17, 15) is 9.90 Å². The van der Waals surface area contributed by atoms with E-state index in [0.717, 1.165) is 43.2 Å². The molecule has 1 aliphatic heterocycles. The molecule has 0 aliphatic carbocycles. The number of nitrogens with zero attached hydrogens (tertiary/aromatic N) is 1. The molecule has 1 aliphatic rings. The molecule has 0 spiro atoms. The zero-order chi connectivity index (χ0) is 20.6. The molecular weight excluding hydrogens is 422 g/mol. The third-order valence-electron chi connectivity index (χ3n) is 5.38.